The Hall–Kier alpha value is -1.22. The van der Waals surface area contributed by atoms with Crippen LogP contribution in [0, 0.1) is 0 Å². The van der Waals surface area contributed by atoms with Crippen LogP contribution < -0.4 is 4.74 Å². The van der Waals surface area contributed by atoms with Crippen LogP contribution in [0.15, 0.2) is 54.6 Å². The standard InChI is InChI=1S/C20H24ClNO.ClH/c21-19-7-9-20(10-8-19)23-16-4-13-22-14-11-18(12-15-22)17-5-2-1-3-6-17;/h1-3,5-10,18H,4,11-16H2;1H. The fraction of sp³-hybridized carbons (Fsp3) is 0.400. The molecule has 0 atom stereocenters. The average Bonchev–Trinajstić information content (AvgIpc) is 2.62. The molecule has 24 heavy (non-hydrogen) atoms. The lowest BCUT2D eigenvalue weighted by atomic mass is 9.89. The van der Waals surface area contributed by atoms with Gasteiger partial charge in [-0.3, -0.25) is 0 Å². The Balaban J connectivity index is 0.00000208. The zero-order valence-electron chi connectivity index (χ0n) is 13.9. The summed E-state index contributed by atoms with van der Waals surface area (Å²) in [7, 11) is 0. The summed E-state index contributed by atoms with van der Waals surface area (Å²) in [6.45, 7) is 4.27. The summed E-state index contributed by atoms with van der Waals surface area (Å²) in [5.74, 6) is 1.63. The highest BCUT2D eigenvalue weighted by Crippen LogP contribution is 2.27. The summed E-state index contributed by atoms with van der Waals surface area (Å²) in [5.41, 5.74) is 1.50. The van der Waals surface area contributed by atoms with E-state index in [-0.39, 0.29) is 12.4 Å². The van der Waals surface area contributed by atoms with Crippen LogP contribution in [0.4, 0.5) is 0 Å². The summed E-state index contributed by atoms with van der Waals surface area (Å²) >= 11 is 5.87. The Morgan fingerprint density at radius 2 is 1.62 bits per heavy atom. The summed E-state index contributed by atoms with van der Waals surface area (Å²) < 4.78 is 5.76. The molecular weight excluding hydrogens is 341 g/mol. The van der Waals surface area contributed by atoms with Gasteiger partial charge in [0.2, 0.25) is 0 Å². The molecule has 0 bridgehead atoms. The summed E-state index contributed by atoms with van der Waals surface area (Å²) in [5, 5.41) is 0.749. The zero-order chi connectivity index (χ0) is 15.9. The fourth-order valence-corrected chi connectivity index (χ4v) is 3.35. The maximum atomic E-state index is 5.87. The second-order valence-corrected chi connectivity index (χ2v) is 6.62. The Kier molecular flexibility index (Phi) is 7.90. The summed E-state index contributed by atoms with van der Waals surface area (Å²) in [6, 6.07) is 18.5. The third-order valence-electron chi connectivity index (χ3n) is 4.56. The Labute approximate surface area is 156 Å². The minimum absolute atomic E-state index is 0. The number of hydrogen-bond donors (Lipinski definition) is 0. The minimum Gasteiger partial charge on any atom is -0.494 e. The van der Waals surface area contributed by atoms with E-state index in [4.69, 9.17) is 16.3 Å². The van der Waals surface area contributed by atoms with Crippen molar-refractivity contribution in [3.63, 3.8) is 0 Å². The number of rotatable bonds is 6. The van der Waals surface area contributed by atoms with E-state index in [0.717, 1.165) is 36.3 Å². The lowest BCUT2D eigenvalue weighted by molar-refractivity contribution is 0.193. The normalized spacial score (nSPS) is 15.7. The Bertz CT molecular complexity index is 580. The van der Waals surface area contributed by atoms with Crippen LogP contribution in [0.1, 0.15) is 30.7 Å². The first kappa shape index (κ1) is 19.1. The van der Waals surface area contributed by atoms with Crippen molar-refractivity contribution in [1.29, 1.82) is 0 Å². The molecule has 2 nitrogen and oxygen atoms in total. The predicted octanol–water partition coefficient (Wildman–Crippen LogP) is 5.41. The molecule has 0 N–H and O–H groups in total. The molecule has 1 fully saturated rings. The molecule has 130 valence electrons. The molecule has 1 aliphatic rings. The van der Waals surface area contributed by atoms with Crippen LogP contribution in [-0.2, 0) is 0 Å². The van der Waals surface area contributed by atoms with Gasteiger partial charge >= 0.3 is 0 Å². The molecule has 2 aromatic carbocycles. The van der Waals surface area contributed by atoms with Gasteiger partial charge in [-0.15, -0.1) is 12.4 Å². The van der Waals surface area contributed by atoms with Gasteiger partial charge in [0.05, 0.1) is 6.61 Å². The third kappa shape index (κ3) is 5.70. The van der Waals surface area contributed by atoms with Crippen LogP contribution in [0.2, 0.25) is 5.02 Å². The molecule has 0 unspecified atom stereocenters. The first-order valence-corrected chi connectivity index (χ1v) is 8.85. The Morgan fingerprint density at radius 3 is 2.29 bits per heavy atom. The van der Waals surface area contributed by atoms with Crippen molar-refractivity contribution < 1.29 is 4.74 Å². The van der Waals surface area contributed by atoms with E-state index in [0.29, 0.717) is 0 Å². The van der Waals surface area contributed by atoms with Gasteiger partial charge in [0.15, 0.2) is 0 Å². The fourth-order valence-electron chi connectivity index (χ4n) is 3.22. The SMILES string of the molecule is Cl.Clc1ccc(OCCCN2CCC(c3ccccc3)CC2)cc1. The molecule has 2 aromatic rings. The lowest BCUT2D eigenvalue weighted by Gasteiger charge is -2.32. The highest BCUT2D eigenvalue weighted by Gasteiger charge is 2.19. The van der Waals surface area contributed by atoms with Crippen LogP contribution in [0.5, 0.6) is 5.75 Å². The zero-order valence-corrected chi connectivity index (χ0v) is 15.4. The van der Waals surface area contributed by atoms with Crippen molar-refractivity contribution >= 4 is 24.0 Å². The van der Waals surface area contributed by atoms with Gasteiger partial charge in [-0.05, 0) is 68.1 Å². The molecule has 3 rings (SSSR count). The van der Waals surface area contributed by atoms with E-state index >= 15 is 0 Å². The number of ether oxygens (including phenoxy) is 1. The molecule has 0 radical (unpaired) electrons. The molecule has 1 heterocycles. The molecule has 1 aliphatic heterocycles. The van der Waals surface area contributed by atoms with Crippen molar-refractivity contribution in [2.75, 3.05) is 26.2 Å². The van der Waals surface area contributed by atoms with Crippen molar-refractivity contribution in [2.45, 2.75) is 25.2 Å². The average molecular weight is 366 g/mol. The smallest absolute Gasteiger partial charge is 0.119 e. The van der Waals surface area contributed by atoms with E-state index in [2.05, 4.69) is 35.2 Å². The topological polar surface area (TPSA) is 12.5 Å². The van der Waals surface area contributed by atoms with Crippen LogP contribution in [0.25, 0.3) is 0 Å². The molecule has 0 aromatic heterocycles. The van der Waals surface area contributed by atoms with E-state index in [9.17, 15) is 0 Å². The molecule has 0 saturated carbocycles. The monoisotopic (exact) mass is 365 g/mol. The second kappa shape index (κ2) is 9.93. The molecule has 1 saturated heterocycles. The first-order chi connectivity index (χ1) is 11.3. The van der Waals surface area contributed by atoms with E-state index in [1.807, 2.05) is 24.3 Å². The van der Waals surface area contributed by atoms with Crippen LogP contribution in [0.3, 0.4) is 0 Å². The number of benzene rings is 2. The second-order valence-electron chi connectivity index (χ2n) is 6.18. The lowest BCUT2D eigenvalue weighted by Crippen LogP contribution is -2.34. The predicted molar refractivity (Wildman–Crippen MR) is 104 cm³/mol. The maximum Gasteiger partial charge on any atom is 0.119 e. The number of nitrogens with zero attached hydrogens (tertiary/aromatic N) is 1. The van der Waals surface area contributed by atoms with Gasteiger partial charge in [0.1, 0.15) is 5.75 Å². The highest BCUT2D eigenvalue weighted by atomic mass is 35.5. The number of hydrogen-bond acceptors (Lipinski definition) is 2. The number of likely N-dealkylation sites (tertiary alicyclic amines) is 1. The highest BCUT2D eigenvalue weighted by molar-refractivity contribution is 6.30. The van der Waals surface area contributed by atoms with Gasteiger partial charge in [0, 0.05) is 11.6 Å². The molecule has 0 amide bonds. The molecule has 4 heteroatoms. The van der Waals surface area contributed by atoms with Gasteiger partial charge in [-0.1, -0.05) is 41.9 Å². The Morgan fingerprint density at radius 1 is 0.958 bits per heavy atom. The number of halogens is 2. The first-order valence-electron chi connectivity index (χ1n) is 8.47. The minimum atomic E-state index is 0. The molecule has 0 spiro atoms. The van der Waals surface area contributed by atoms with Crippen LogP contribution >= 0.6 is 24.0 Å². The van der Waals surface area contributed by atoms with Gasteiger partial charge in [-0.25, -0.2) is 0 Å². The quantitative estimate of drug-likeness (QED) is 0.634. The van der Waals surface area contributed by atoms with Gasteiger partial charge in [-0.2, -0.15) is 0 Å². The van der Waals surface area contributed by atoms with E-state index in [1.54, 1.807) is 0 Å². The molecular formula is C20H25Cl2NO. The molecule has 0 aliphatic carbocycles. The van der Waals surface area contributed by atoms with E-state index < -0.39 is 0 Å². The summed E-state index contributed by atoms with van der Waals surface area (Å²) in [6.07, 6.45) is 3.60. The maximum absolute atomic E-state index is 5.87. The van der Waals surface area contributed by atoms with Crippen molar-refractivity contribution in [3.8, 4) is 5.75 Å². The van der Waals surface area contributed by atoms with Crippen molar-refractivity contribution in [2.24, 2.45) is 0 Å². The van der Waals surface area contributed by atoms with Crippen molar-refractivity contribution in [1.82, 2.24) is 4.90 Å². The van der Waals surface area contributed by atoms with E-state index in [1.165, 1.54) is 31.5 Å². The van der Waals surface area contributed by atoms with Crippen LogP contribution in [-0.4, -0.2) is 31.1 Å². The van der Waals surface area contributed by atoms with Crippen molar-refractivity contribution in [3.05, 3.63) is 65.2 Å². The number of piperidine rings is 1. The third-order valence-corrected chi connectivity index (χ3v) is 4.81. The summed E-state index contributed by atoms with van der Waals surface area (Å²) in [4.78, 5) is 2.56. The van der Waals surface area contributed by atoms with Gasteiger partial charge < -0.3 is 9.64 Å². The largest absolute Gasteiger partial charge is 0.494 e. The van der Waals surface area contributed by atoms with Gasteiger partial charge in [0.25, 0.3) is 0 Å².